The maximum Gasteiger partial charge on any atom is 0.192 e. The molecule has 3 rings (SSSR count). The fourth-order valence-corrected chi connectivity index (χ4v) is 2.75. The van der Waals surface area contributed by atoms with Gasteiger partial charge in [0.2, 0.25) is 0 Å². The molecular formula is C15H26N6O2. The first-order chi connectivity index (χ1) is 11.2. The predicted molar refractivity (Wildman–Crippen MR) is 86.2 cm³/mol. The average Bonchev–Trinajstić information content (AvgIpc) is 3.28. The number of rotatable bonds is 5. The van der Waals surface area contributed by atoms with Crippen molar-refractivity contribution in [3.05, 3.63) is 11.6 Å². The van der Waals surface area contributed by atoms with E-state index >= 15 is 0 Å². The largest absolute Gasteiger partial charge is 0.379 e. The van der Waals surface area contributed by atoms with Gasteiger partial charge in [0.25, 0.3) is 0 Å². The van der Waals surface area contributed by atoms with Gasteiger partial charge < -0.3 is 24.7 Å². The minimum Gasteiger partial charge on any atom is -0.379 e. The Morgan fingerprint density at radius 1 is 1.35 bits per heavy atom. The fraction of sp³-hybridized carbons (Fsp3) is 0.800. The van der Waals surface area contributed by atoms with E-state index in [1.54, 1.807) is 0 Å². The molecule has 8 heteroatoms. The molecule has 2 unspecified atom stereocenters. The molecule has 0 saturated carbocycles. The van der Waals surface area contributed by atoms with Crippen molar-refractivity contribution in [3.8, 4) is 0 Å². The highest BCUT2D eigenvalue weighted by atomic mass is 16.5. The lowest BCUT2D eigenvalue weighted by Crippen LogP contribution is -2.46. The smallest absolute Gasteiger partial charge is 0.192 e. The van der Waals surface area contributed by atoms with Crippen molar-refractivity contribution in [3.63, 3.8) is 0 Å². The number of nitrogens with zero attached hydrogens (tertiary/aromatic N) is 4. The number of hydrogen-bond donors (Lipinski definition) is 2. The van der Waals surface area contributed by atoms with Crippen molar-refractivity contribution in [2.45, 2.75) is 44.9 Å². The highest BCUT2D eigenvalue weighted by Crippen LogP contribution is 2.10. The van der Waals surface area contributed by atoms with Crippen LogP contribution in [-0.4, -0.2) is 59.2 Å². The highest BCUT2D eigenvalue weighted by Gasteiger charge is 2.19. The molecule has 2 N–H and O–H groups in total. The van der Waals surface area contributed by atoms with Crippen molar-refractivity contribution in [2.24, 2.45) is 12.0 Å². The van der Waals surface area contributed by atoms with E-state index in [1.807, 2.05) is 18.5 Å². The molecule has 128 valence electrons. The number of nitrogens with one attached hydrogen (secondary N) is 2. The Hall–Kier alpha value is -1.67. The van der Waals surface area contributed by atoms with Crippen LogP contribution < -0.4 is 10.6 Å². The van der Waals surface area contributed by atoms with Crippen LogP contribution in [-0.2, 0) is 23.1 Å². The molecule has 0 bridgehead atoms. The van der Waals surface area contributed by atoms with Crippen LogP contribution in [0.1, 0.15) is 30.9 Å². The van der Waals surface area contributed by atoms with Gasteiger partial charge in [-0.1, -0.05) is 0 Å². The van der Waals surface area contributed by atoms with Gasteiger partial charge in [-0.15, -0.1) is 10.2 Å². The molecule has 0 amide bonds. The molecule has 2 aliphatic heterocycles. The summed E-state index contributed by atoms with van der Waals surface area (Å²) in [6.07, 6.45) is 3.53. The standard InChI is InChI=1S/C15H26N6O2/c1-11-19-20-14(21(11)2)9-17-15(18-12-5-7-22-10-12)16-8-13-4-3-6-23-13/h12-13H,3-10H2,1-2H3,(H2,16,17,18). The lowest BCUT2D eigenvalue weighted by atomic mass is 10.2. The summed E-state index contributed by atoms with van der Waals surface area (Å²) < 4.78 is 13.0. The quantitative estimate of drug-likeness (QED) is 0.592. The summed E-state index contributed by atoms with van der Waals surface area (Å²) in [4.78, 5) is 4.65. The number of aromatic nitrogens is 3. The predicted octanol–water partition coefficient (Wildman–Crippen LogP) is 0.127. The molecule has 8 nitrogen and oxygen atoms in total. The molecular weight excluding hydrogens is 296 g/mol. The van der Waals surface area contributed by atoms with E-state index in [-0.39, 0.29) is 6.10 Å². The first kappa shape index (κ1) is 16.2. The Morgan fingerprint density at radius 3 is 2.91 bits per heavy atom. The molecule has 2 fully saturated rings. The van der Waals surface area contributed by atoms with Crippen molar-refractivity contribution < 1.29 is 9.47 Å². The normalized spacial score (nSPS) is 25.0. The third-order valence-electron chi connectivity index (χ3n) is 4.35. The summed E-state index contributed by atoms with van der Waals surface area (Å²) in [6.45, 7) is 5.59. The van der Waals surface area contributed by atoms with Crippen molar-refractivity contribution in [1.29, 1.82) is 0 Å². The maximum absolute atomic E-state index is 5.66. The molecule has 0 aliphatic carbocycles. The third kappa shape index (κ3) is 4.42. The number of hydrogen-bond acceptors (Lipinski definition) is 5. The molecule has 23 heavy (non-hydrogen) atoms. The molecule has 2 atom stereocenters. The zero-order chi connectivity index (χ0) is 16.1. The van der Waals surface area contributed by atoms with Crippen LogP contribution in [0.15, 0.2) is 4.99 Å². The molecule has 0 radical (unpaired) electrons. The SMILES string of the molecule is Cc1nnc(CN=C(NCC2CCCO2)NC2CCOC2)n1C. The maximum atomic E-state index is 5.66. The molecule has 2 aliphatic rings. The Kier molecular flexibility index (Phi) is 5.45. The summed E-state index contributed by atoms with van der Waals surface area (Å²) in [7, 11) is 1.96. The van der Waals surface area contributed by atoms with E-state index < -0.39 is 0 Å². The van der Waals surface area contributed by atoms with Crippen LogP contribution in [0, 0.1) is 6.92 Å². The first-order valence-corrected chi connectivity index (χ1v) is 8.31. The van der Waals surface area contributed by atoms with Crippen LogP contribution in [0.25, 0.3) is 0 Å². The van der Waals surface area contributed by atoms with Crippen molar-refractivity contribution in [1.82, 2.24) is 25.4 Å². The minimum atomic E-state index is 0.277. The van der Waals surface area contributed by atoms with Crippen LogP contribution in [0.3, 0.4) is 0 Å². The second-order valence-electron chi connectivity index (χ2n) is 6.11. The third-order valence-corrected chi connectivity index (χ3v) is 4.35. The zero-order valence-electron chi connectivity index (χ0n) is 13.9. The van der Waals surface area contributed by atoms with E-state index in [0.29, 0.717) is 12.6 Å². The second-order valence-corrected chi connectivity index (χ2v) is 6.11. The zero-order valence-corrected chi connectivity index (χ0v) is 13.9. The van der Waals surface area contributed by atoms with Gasteiger partial charge in [-0.2, -0.15) is 0 Å². The summed E-state index contributed by atoms with van der Waals surface area (Å²) in [5.74, 6) is 2.53. The van der Waals surface area contributed by atoms with Crippen LogP contribution >= 0.6 is 0 Å². The van der Waals surface area contributed by atoms with Gasteiger partial charge in [0.15, 0.2) is 11.8 Å². The fourth-order valence-electron chi connectivity index (χ4n) is 2.75. The summed E-state index contributed by atoms with van der Waals surface area (Å²) >= 11 is 0. The van der Waals surface area contributed by atoms with Gasteiger partial charge in [0.1, 0.15) is 12.4 Å². The number of guanidine groups is 1. The number of aryl methyl sites for hydroxylation is 1. The van der Waals surface area contributed by atoms with Crippen molar-refractivity contribution >= 4 is 5.96 Å². The van der Waals surface area contributed by atoms with E-state index in [4.69, 9.17) is 9.47 Å². The lowest BCUT2D eigenvalue weighted by molar-refractivity contribution is 0.113. The van der Waals surface area contributed by atoms with Crippen molar-refractivity contribution in [2.75, 3.05) is 26.4 Å². The summed E-state index contributed by atoms with van der Waals surface area (Å²) in [6, 6.07) is 0.312. The van der Waals surface area contributed by atoms with Gasteiger partial charge in [-0.25, -0.2) is 4.99 Å². The Balaban J connectivity index is 1.60. The van der Waals surface area contributed by atoms with E-state index in [2.05, 4.69) is 25.8 Å². The van der Waals surface area contributed by atoms with E-state index in [0.717, 1.165) is 63.2 Å². The highest BCUT2D eigenvalue weighted by molar-refractivity contribution is 5.80. The van der Waals surface area contributed by atoms with E-state index in [9.17, 15) is 0 Å². The van der Waals surface area contributed by atoms with Crippen LogP contribution in [0.2, 0.25) is 0 Å². The molecule has 2 saturated heterocycles. The van der Waals surface area contributed by atoms with Gasteiger partial charge in [0, 0.05) is 26.8 Å². The molecule has 1 aromatic rings. The van der Waals surface area contributed by atoms with Gasteiger partial charge in [-0.05, 0) is 26.2 Å². The molecule has 0 spiro atoms. The number of aliphatic imine (C=N–C) groups is 1. The first-order valence-electron chi connectivity index (χ1n) is 8.31. The van der Waals surface area contributed by atoms with Crippen LogP contribution in [0.4, 0.5) is 0 Å². The Labute approximate surface area is 136 Å². The summed E-state index contributed by atoms with van der Waals surface area (Å²) in [5, 5.41) is 15.1. The Bertz CT molecular complexity index is 532. The van der Waals surface area contributed by atoms with Crippen LogP contribution in [0.5, 0.6) is 0 Å². The Morgan fingerprint density at radius 2 is 2.26 bits per heavy atom. The number of ether oxygens (including phenoxy) is 2. The molecule has 0 aromatic carbocycles. The van der Waals surface area contributed by atoms with Gasteiger partial charge in [0.05, 0.1) is 18.8 Å². The average molecular weight is 322 g/mol. The van der Waals surface area contributed by atoms with E-state index in [1.165, 1.54) is 0 Å². The second kappa shape index (κ2) is 7.74. The van der Waals surface area contributed by atoms with Gasteiger partial charge >= 0.3 is 0 Å². The minimum absolute atomic E-state index is 0.277. The molecule has 1 aromatic heterocycles. The lowest BCUT2D eigenvalue weighted by Gasteiger charge is -2.18. The molecule has 3 heterocycles. The van der Waals surface area contributed by atoms with Gasteiger partial charge in [-0.3, -0.25) is 0 Å². The monoisotopic (exact) mass is 322 g/mol. The summed E-state index contributed by atoms with van der Waals surface area (Å²) in [5.41, 5.74) is 0. The topological polar surface area (TPSA) is 85.6 Å².